The first-order valence-corrected chi connectivity index (χ1v) is 7.62. The Hall–Kier alpha value is -2.14. The van der Waals surface area contributed by atoms with Crippen LogP contribution in [0.25, 0.3) is 0 Å². The number of nitrogens with zero attached hydrogens (tertiary/aromatic N) is 1. The number of carbonyl (C=O) groups is 2. The number of benzene rings is 1. The molecule has 0 saturated carbocycles. The molecule has 1 N–H and O–H groups in total. The molecule has 3 rings (SSSR count). The van der Waals surface area contributed by atoms with Gasteiger partial charge in [0.15, 0.2) is 5.78 Å². The average Bonchev–Trinajstić information content (AvgIpc) is 2.89. The summed E-state index contributed by atoms with van der Waals surface area (Å²) in [5, 5.41) is 2.96. The lowest BCUT2D eigenvalue weighted by Gasteiger charge is -2.08. The van der Waals surface area contributed by atoms with E-state index in [1.807, 2.05) is 18.2 Å². The van der Waals surface area contributed by atoms with E-state index in [9.17, 15) is 9.59 Å². The number of ketones is 1. The molecule has 1 aliphatic heterocycles. The van der Waals surface area contributed by atoms with Gasteiger partial charge in [0.1, 0.15) is 5.37 Å². The molecule has 0 spiro atoms. The molecule has 5 heteroatoms. The first kappa shape index (κ1) is 13.8. The predicted molar refractivity (Wildman–Crippen MR) is 84.4 cm³/mol. The molecule has 1 aromatic carbocycles. The van der Waals surface area contributed by atoms with Gasteiger partial charge in [0, 0.05) is 23.1 Å². The van der Waals surface area contributed by atoms with Crippen LogP contribution in [-0.4, -0.2) is 29.3 Å². The van der Waals surface area contributed by atoms with Gasteiger partial charge in [-0.2, -0.15) is 0 Å². The standard InChI is InChI=1S/C16H14N2O2S/c19-12-6-7-13-14(10-12)21-15(18-13)8-9-17-16(20)11-4-2-1-3-5-11/h1-7,10,15H,8-9H2,(H,17,20). The van der Waals surface area contributed by atoms with Gasteiger partial charge in [-0.1, -0.05) is 30.0 Å². The van der Waals surface area contributed by atoms with Gasteiger partial charge in [-0.05, 0) is 30.7 Å². The SMILES string of the molecule is O=C1C=CC2=NC(CCNC(=O)c3ccccc3)SC2=C1. The summed E-state index contributed by atoms with van der Waals surface area (Å²) in [6.45, 7) is 0.563. The molecule has 0 radical (unpaired) electrons. The molecule has 0 fully saturated rings. The van der Waals surface area contributed by atoms with Gasteiger partial charge >= 0.3 is 0 Å². The van der Waals surface area contributed by atoms with Crippen molar-refractivity contribution in [2.45, 2.75) is 11.8 Å². The minimum absolute atomic E-state index is 0.00878. The van der Waals surface area contributed by atoms with Crippen molar-refractivity contribution < 1.29 is 9.59 Å². The van der Waals surface area contributed by atoms with E-state index in [1.165, 1.54) is 6.08 Å². The van der Waals surface area contributed by atoms with Crippen molar-refractivity contribution >= 4 is 29.2 Å². The summed E-state index contributed by atoms with van der Waals surface area (Å²) in [7, 11) is 0. The van der Waals surface area contributed by atoms with Crippen LogP contribution in [0.5, 0.6) is 0 Å². The number of carbonyl (C=O) groups excluding carboxylic acids is 2. The molecule has 0 aromatic heterocycles. The second kappa shape index (κ2) is 6.10. The monoisotopic (exact) mass is 298 g/mol. The molecule has 0 saturated heterocycles. The van der Waals surface area contributed by atoms with Gasteiger partial charge in [-0.25, -0.2) is 0 Å². The minimum Gasteiger partial charge on any atom is -0.352 e. The van der Waals surface area contributed by atoms with Crippen LogP contribution in [0.3, 0.4) is 0 Å². The average molecular weight is 298 g/mol. The number of thioether (sulfide) groups is 1. The third kappa shape index (κ3) is 3.31. The Bertz CT molecular complexity index is 662. The normalized spacial score (nSPS) is 19.8. The maximum atomic E-state index is 11.9. The molecule has 1 aliphatic carbocycles. The van der Waals surface area contributed by atoms with Gasteiger partial charge in [0.05, 0.1) is 5.71 Å². The van der Waals surface area contributed by atoms with Crippen LogP contribution >= 0.6 is 11.8 Å². The quantitative estimate of drug-likeness (QED) is 0.868. The molecule has 21 heavy (non-hydrogen) atoms. The number of allylic oxidation sites excluding steroid dienone is 4. The van der Waals surface area contributed by atoms with Gasteiger partial charge in [-0.3, -0.25) is 14.6 Å². The lowest BCUT2D eigenvalue weighted by Crippen LogP contribution is -2.25. The fourth-order valence-corrected chi connectivity index (χ4v) is 3.27. The van der Waals surface area contributed by atoms with Crippen LogP contribution in [0, 0.1) is 0 Å². The van der Waals surface area contributed by atoms with Gasteiger partial charge in [-0.15, -0.1) is 0 Å². The number of hydrogen-bond donors (Lipinski definition) is 1. The lowest BCUT2D eigenvalue weighted by atomic mass is 10.1. The van der Waals surface area contributed by atoms with Crippen molar-refractivity contribution in [3.8, 4) is 0 Å². The molecule has 1 unspecified atom stereocenters. The van der Waals surface area contributed by atoms with Crippen molar-refractivity contribution in [3.05, 3.63) is 59.0 Å². The second-order valence-corrected chi connectivity index (χ2v) is 5.96. The van der Waals surface area contributed by atoms with E-state index in [4.69, 9.17) is 0 Å². The molecule has 0 bridgehead atoms. The number of amides is 1. The smallest absolute Gasteiger partial charge is 0.251 e. The highest BCUT2D eigenvalue weighted by Crippen LogP contribution is 2.34. The van der Waals surface area contributed by atoms with Gasteiger partial charge in [0.2, 0.25) is 0 Å². The molecule has 2 aliphatic rings. The highest BCUT2D eigenvalue weighted by Gasteiger charge is 2.24. The van der Waals surface area contributed by atoms with E-state index in [1.54, 1.807) is 36.0 Å². The maximum Gasteiger partial charge on any atom is 0.251 e. The Morgan fingerprint density at radius 3 is 2.86 bits per heavy atom. The van der Waals surface area contributed by atoms with Crippen LogP contribution in [0.2, 0.25) is 0 Å². The summed E-state index contributed by atoms with van der Waals surface area (Å²) >= 11 is 1.58. The molecule has 106 valence electrons. The Morgan fingerprint density at radius 1 is 1.24 bits per heavy atom. The fourth-order valence-electron chi connectivity index (χ4n) is 2.15. The third-order valence-corrected chi connectivity index (χ3v) is 4.38. The van der Waals surface area contributed by atoms with E-state index < -0.39 is 0 Å². The van der Waals surface area contributed by atoms with Crippen LogP contribution in [-0.2, 0) is 4.79 Å². The Labute approximate surface area is 127 Å². The zero-order chi connectivity index (χ0) is 14.7. The van der Waals surface area contributed by atoms with Crippen molar-refractivity contribution in [1.29, 1.82) is 0 Å². The minimum atomic E-state index is -0.0713. The topological polar surface area (TPSA) is 58.5 Å². The number of hydrogen-bond acceptors (Lipinski definition) is 4. The molecule has 1 atom stereocenters. The van der Waals surface area contributed by atoms with E-state index in [2.05, 4.69) is 10.3 Å². The summed E-state index contributed by atoms with van der Waals surface area (Å²) in [4.78, 5) is 28.6. The predicted octanol–water partition coefficient (Wildman–Crippen LogP) is 2.34. The van der Waals surface area contributed by atoms with E-state index in [-0.39, 0.29) is 17.1 Å². The van der Waals surface area contributed by atoms with Gasteiger partial charge < -0.3 is 5.32 Å². The fraction of sp³-hybridized carbons (Fsp3) is 0.188. The number of nitrogens with one attached hydrogen (secondary N) is 1. The van der Waals surface area contributed by atoms with Crippen LogP contribution in [0.4, 0.5) is 0 Å². The zero-order valence-electron chi connectivity index (χ0n) is 11.3. The summed E-state index contributed by atoms with van der Waals surface area (Å²) in [5.74, 6) is -0.0626. The van der Waals surface area contributed by atoms with Crippen LogP contribution in [0.15, 0.2) is 58.5 Å². The summed E-state index contributed by atoms with van der Waals surface area (Å²) < 4.78 is 0. The van der Waals surface area contributed by atoms with E-state index in [0.717, 1.165) is 17.0 Å². The first-order chi connectivity index (χ1) is 10.2. The number of fused-ring (bicyclic) bond motifs is 1. The molecular weight excluding hydrogens is 284 g/mol. The zero-order valence-corrected chi connectivity index (χ0v) is 12.1. The van der Waals surface area contributed by atoms with Crippen LogP contribution in [0.1, 0.15) is 16.8 Å². The summed E-state index contributed by atoms with van der Waals surface area (Å²) in [6, 6.07) is 9.14. The van der Waals surface area contributed by atoms with Crippen LogP contribution < -0.4 is 5.32 Å². The maximum absolute atomic E-state index is 11.9. The van der Waals surface area contributed by atoms with Crippen molar-refractivity contribution in [2.75, 3.05) is 6.54 Å². The molecule has 1 amide bonds. The first-order valence-electron chi connectivity index (χ1n) is 6.74. The van der Waals surface area contributed by atoms with E-state index in [0.29, 0.717) is 12.1 Å². The largest absolute Gasteiger partial charge is 0.352 e. The lowest BCUT2D eigenvalue weighted by molar-refractivity contribution is -0.110. The van der Waals surface area contributed by atoms with Gasteiger partial charge in [0.25, 0.3) is 5.91 Å². The molecule has 1 heterocycles. The highest BCUT2D eigenvalue weighted by molar-refractivity contribution is 8.05. The van der Waals surface area contributed by atoms with Crippen molar-refractivity contribution in [2.24, 2.45) is 4.99 Å². The molecule has 4 nitrogen and oxygen atoms in total. The summed E-state index contributed by atoms with van der Waals surface area (Å²) in [5.41, 5.74) is 1.53. The molecule has 1 aromatic rings. The highest BCUT2D eigenvalue weighted by atomic mass is 32.2. The van der Waals surface area contributed by atoms with Crippen molar-refractivity contribution in [1.82, 2.24) is 5.32 Å². The number of rotatable bonds is 4. The Balaban J connectivity index is 1.50. The third-order valence-electron chi connectivity index (χ3n) is 3.19. The van der Waals surface area contributed by atoms with E-state index >= 15 is 0 Å². The summed E-state index contributed by atoms with van der Waals surface area (Å²) in [6.07, 6.45) is 5.65. The Kier molecular flexibility index (Phi) is 4.01. The Morgan fingerprint density at radius 2 is 2.05 bits per heavy atom. The number of aliphatic imine (C=N–C) groups is 1. The van der Waals surface area contributed by atoms with Crippen molar-refractivity contribution in [3.63, 3.8) is 0 Å². The molecular formula is C16H14N2O2S. The second-order valence-electron chi connectivity index (χ2n) is 4.74.